The molecule has 0 saturated heterocycles. The molecule has 2 aromatic heterocycles. The number of halogens is 1. The van der Waals surface area contributed by atoms with Crippen molar-refractivity contribution < 1.29 is 17.9 Å². The van der Waals surface area contributed by atoms with Crippen LogP contribution in [-0.2, 0) is 17.3 Å². The molecule has 0 aliphatic rings. The summed E-state index contributed by atoms with van der Waals surface area (Å²) in [7, 11) is 0.668. The number of aromatic nitrogens is 2. The molecule has 0 radical (unpaired) electrons. The zero-order valence-corrected chi connectivity index (χ0v) is 19.6. The molecule has 166 valence electrons. The fourth-order valence-corrected chi connectivity index (χ4v) is 3.70. The average Bonchev–Trinajstić information content (AvgIpc) is 3.02. The maximum atomic E-state index is 12.4. The van der Waals surface area contributed by atoms with Crippen LogP contribution < -0.4 is 9.46 Å². The van der Waals surface area contributed by atoms with Crippen LogP contribution in [0.3, 0.4) is 0 Å². The van der Waals surface area contributed by atoms with Gasteiger partial charge in [-0.25, -0.2) is 9.71 Å². The standard InChI is InChI=1S/C21H25ClN4O4S/c1-13(2)12-30-21-18(22)8-15(10-23-21)17-11-26(5)19-9-14(6-7-16(17)19)20(27)24-31(28,29)25(3)4/h6-11,13H,12H2,1-5H3,(H,24,27). The Kier molecular flexibility index (Phi) is 6.59. The molecular weight excluding hydrogens is 440 g/mol. The summed E-state index contributed by atoms with van der Waals surface area (Å²) in [5.74, 6) is 0.0462. The summed E-state index contributed by atoms with van der Waals surface area (Å²) >= 11 is 6.37. The van der Waals surface area contributed by atoms with E-state index in [2.05, 4.69) is 4.98 Å². The summed E-state index contributed by atoms with van der Waals surface area (Å²) in [6.07, 6.45) is 3.60. The lowest BCUT2D eigenvalue weighted by Crippen LogP contribution is -2.39. The first-order valence-corrected chi connectivity index (χ1v) is 11.4. The fourth-order valence-electron chi connectivity index (χ4n) is 2.95. The second kappa shape index (κ2) is 8.86. The van der Waals surface area contributed by atoms with Gasteiger partial charge in [-0.2, -0.15) is 12.7 Å². The molecule has 3 rings (SSSR count). The van der Waals surface area contributed by atoms with Gasteiger partial charge in [0.05, 0.1) is 6.61 Å². The van der Waals surface area contributed by atoms with Gasteiger partial charge in [0, 0.05) is 61.1 Å². The third-order valence-electron chi connectivity index (χ3n) is 4.63. The molecule has 0 unspecified atom stereocenters. The van der Waals surface area contributed by atoms with Crippen molar-refractivity contribution in [1.82, 2.24) is 18.6 Å². The number of rotatable bonds is 7. The summed E-state index contributed by atoms with van der Waals surface area (Å²) < 4.78 is 34.3. The number of aryl methyl sites for hydroxylation is 1. The monoisotopic (exact) mass is 464 g/mol. The van der Waals surface area contributed by atoms with E-state index in [4.69, 9.17) is 16.3 Å². The third kappa shape index (κ3) is 5.00. The normalized spacial score (nSPS) is 12.0. The largest absolute Gasteiger partial charge is 0.476 e. The predicted molar refractivity (Wildman–Crippen MR) is 122 cm³/mol. The van der Waals surface area contributed by atoms with Crippen molar-refractivity contribution in [1.29, 1.82) is 0 Å². The van der Waals surface area contributed by atoms with Crippen molar-refractivity contribution in [3.05, 3.63) is 47.2 Å². The van der Waals surface area contributed by atoms with E-state index in [9.17, 15) is 13.2 Å². The molecule has 0 atom stereocenters. The minimum Gasteiger partial charge on any atom is -0.476 e. The number of ether oxygens (including phenoxy) is 1. The minimum absolute atomic E-state index is 0.235. The number of carbonyl (C=O) groups is 1. The SMILES string of the molecule is CC(C)COc1ncc(-c2cn(C)c3cc(C(=O)NS(=O)(=O)N(C)C)ccc23)cc1Cl. The maximum Gasteiger partial charge on any atom is 0.303 e. The fraction of sp³-hybridized carbons (Fsp3) is 0.333. The Bertz CT molecular complexity index is 1240. The predicted octanol–water partition coefficient (Wildman–Crippen LogP) is 3.46. The van der Waals surface area contributed by atoms with Crippen LogP contribution in [0.2, 0.25) is 5.02 Å². The summed E-state index contributed by atoms with van der Waals surface area (Å²) in [4.78, 5) is 16.8. The third-order valence-corrected chi connectivity index (χ3v) is 6.30. The summed E-state index contributed by atoms with van der Waals surface area (Å²) in [5.41, 5.74) is 2.69. The number of fused-ring (bicyclic) bond motifs is 1. The quantitative estimate of drug-likeness (QED) is 0.577. The molecule has 1 N–H and O–H groups in total. The number of hydrogen-bond acceptors (Lipinski definition) is 5. The van der Waals surface area contributed by atoms with Crippen molar-refractivity contribution in [3.8, 4) is 17.0 Å². The number of carbonyl (C=O) groups excluding carboxylic acids is 1. The van der Waals surface area contributed by atoms with E-state index in [1.807, 2.05) is 36.4 Å². The summed E-state index contributed by atoms with van der Waals surface area (Å²) in [6.45, 7) is 4.61. The van der Waals surface area contributed by atoms with Crippen LogP contribution in [0, 0.1) is 5.92 Å². The number of amides is 1. The zero-order valence-electron chi connectivity index (χ0n) is 18.0. The number of nitrogens with zero attached hydrogens (tertiary/aromatic N) is 3. The zero-order chi connectivity index (χ0) is 22.9. The van der Waals surface area contributed by atoms with Crippen LogP contribution in [-0.4, -0.2) is 48.9 Å². The topological polar surface area (TPSA) is 93.5 Å². The van der Waals surface area contributed by atoms with Gasteiger partial charge in [0.15, 0.2) is 0 Å². The Morgan fingerprint density at radius 1 is 1.29 bits per heavy atom. The molecular formula is C21H25ClN4O4S. The van der Waals surface area contributed by atoms with Crippen molar-refractivity contribution >= 4 is 38.6 Å². The van der Waals surface area contributed by atoms with Crippen LogP contribution in [0.5, 0.6) is 5.88 Å². The second-order valence-electron chi connectivity index (χ2n) is 7.82. The lowest BCUT2D eigenvalue weighted by atomic mass is 10.0. The average molecular weight is 465 g/mol. The Morgan fingerprint density at radius 2 is 2.00 bits per heavy atom. The second-order valence-corrected chi connectivity index (χ2v) is 10.1. The highest BCUT2D eigenvalue weighted by molar-refractivity contribution is 7.87. The van der Waals surface area contributed by atoms with Crippen LogP contribution in [0.15, 0.2) is 36.7 Å². The van der Waals surface area contributed by atoms with Crippen molar-refractivity contribution in [2.75, 3.05) is 20.7 Å². The van der Waals surface area contributed by atoms with Gasteiger partial charge in [0.1, 0.15) is 5.02 Å². The van der Waals surface area contributed by atoms with Crippen LogP contribution in [0.4, 0.5) is 0 Å². The van der Waals surface area contributed by atoms with Gasteiger partial charge in [-0.1, -0.05) is 31.5 Å². The van der Waals surface area contributed by atoms with E-state index in [0.29, 0.717) is 23.4 Å². The van der Waals surface area contributed by atoms with Gasteiger partial charge in [-0.15, -0.1) is 0 Å². The van der Waals surface area contributed by atoms with E-state index in [-0.39, 0.29) is 5.56 Å². The van der Waals surface area contributed by atoms with Crippen molar-refractivity contribution in [2.24, 2.45) is 13.0 Å². The van der Waals surface area contributed by atoms with E-state index >= 15 is 0 Å². The van der Waals surface area contributed by atoms with Gasteiger partial charge >= 0.3 is 10.2 Å². The van der Waals surface area contributed by atoms with Crippen LogP contribution in [0.25, 0.3) is 22.0 Å². The lowest BCUT2D eigenvalue weighted by Gasteiger charge is -2.12. The molecule has 31 heavy (non-hydrogen) atoms. The lowest BCUT2D eigenvalue weighted by molar-refractivity contribution is 0.0980. The number of benzene rings is 1. The molecule has 1 amide bonds. The number of nitrogens with one attached hydrogen (secondary N) is 1. The number of hydrogen-bond donors (Lipinski definition) is 1. The molecule has 0 bridgehead atoms. The molecule has 0 aliphatic carbocycles. The Balaban J connectivity index is 1.94. The summed E-state index contributed by atoms with van der Waals surface area (Å²) in [5, 5.41) is 1.29. The van der Waals surface area contributed by atoms with E-state index in [0.717, 1.165) is 26.3 Å². The van der Waals surface area contributed by atoms with E-state index in [1.54, 1.807) is 30.5 Å². The highest BCUT2D eigenvalue weighted by atomic mass is 35.5. The van der Waals surface area contributed by atoms with Crippen LogP contribution in [0.1, 0.15) is 24.2 Å². The molecule has 0 spiro atoms. The molecule has 0 saturated carbocycles. The molecule has 1 aromatic carbocycles. The van der Waals surface area contributed by atoms with Gasteiger partial charge in [-0.05, 0) is 24.1 Å². The van der Waals surface area contributed by atoms with Crippen molar-refractivity contribution in [3.63, 3.8) is 0 Å². The smallest absolute Gasteiger partial charge is 0.303 e. The molecule has 10 heteroatoms. The molecule has 8 nitrogen and oxygen atoms in total. The van der Waals surface area contributed by atoms with Gasteiger partial charge in [-0.3, -0.25) is 4.79 Å². The highest BCUT2D eigenvalue weighted by Gasteiger charge is 2.20. The van der Waals surface area contributed by atoms with Gasteiger partial charge in [0.2, 0.25) is 5.88 Å². The molecule has 0 fully saturated rings. The minimum atomic E-state index is -3.87. The first kappa shape index (κ1) is 23.1. The molecule has 3 aromatic rings. The van der Waals surface area contributed by atoms with Crippen molar-refractivity contribution in [2.45, 2.75) is 13.8 Å². The first-order chi connectivity index (χ1) is 14.5. The Labute approximate surface area is 187 Å². The van der Waals surface area contributed by atoms with E-state index < -0.39 is 16.1 Å². The maximum absolute atomic E-state index is 12.4. The van der Waals surface area contributed by atoms with E-state index in [1.165, 1.54) is 14.1 Å². The number of pyridine rings is 1. The van der Waals surface area contributed by atoms with Crippen LogP contribution >= 0.6 is 11.6 Å². The molecule has 0 aliphatic heterocycles. The Morgan fingerprint density at radius 3 is 2.61 bits per heavy atom. The molecule has 2 heterocycles. The Hall–Kier alpha value is -2.62. The van der Waals surface area contributed by atoms with Gasteiger partial charge < -0.3 is 9.30 Å². The summed E-state index contributed by atoms with van der Waals surface area (Å²) in [6, 6.07) is 6.80. The first-order valence-electron chi connectivity index (χ1n) is 9.62. The highest BCUT2D eigenvalue weighted by Crippen LogP contribution is 2.34. The van der Waals surface area contributed by atoms with Gasteiger partial charge in [0.25, 0.3) is 5.91 Å².